The van der Waals surface area contributed by atoms with Crippen LogP contribution in [0.5, 0.6) is 5.75 Å². The fraction of sp³-hybridized carbons (Fsp3) is 0.350. The van der Waals surface area contributed by atoms with Gasteiger partial charge in [0.1, 0.15) is 5.75 Å². The summed E-state index contributed by atoms with van der Waals surface area (Å²) in [4.78, 5) is 14.7. The first-order valence-electron chi connectivity index (χ1n) is 8.25. The molecule has 1 amide bonds. The first-order valence-corrected chi connectivity index (χ1v) is 8.25. The van der Waals surface area contributed by atoms with Crippen molar-refractivity contribution in [3.05, 3.63) is 65.7 Å². The van der Waals surface area contributed by atoms with Gasteiger partial charge in [-0.3, -0.25) is 4.79 Å². The van der Waals surface area contributed by atoms with E-state index in [0.29, 0.717) is 6.42 Å². The molecule has 3 heteroatoms. The predicted molar refractivity (Wildman–Crippen MR) is 91.4 cm³/mol. The zero-order chi connectivity index (χ0) is 16.1. The van der Waals surface area contributed by atoms with Crippen LogP contribution in [-0.2, 0) is 11.2 Å². The van der Waals surface area contributed by atoms with Crippen LogP contribution in [0.2, 0.25) is 0 Å². The van der Waals surface area contributed by atoms with Crippen molar-refractivity contribution in [1.29, 1.82) is 0 Å². The standard InChI is InChI=1S/C20H23NO2/c1-23-18-12-10-17(11-13-18)19-8-5-15-21(19)20(22)14-9-16-6-3-2-4-7-16/h2-4,6-7,10-13,19H,5,8-9,14-15H2,1H3/t19-/m0/s1. The molecule has 0 unspecified atom stereocenters. The minimum atomic E-state index is 0.212. The van der Waals surface area contributed by atoms with Crippen molar-refractivity contribution in [2.24, 2.45) is 0 Å². The van der Waals surface area contributed by atoms with Crippen LogP contribution in [0, 0.1) is 0 Å². The number of methoxy groups -OCH3 is 1. The molecule has 1 atom stereocenters. The van der Waals surface area contributed by atoms with Crippen molar-refractivity contribution < 1.29 is 9.53 Å². The molecular weight excluding hydrogens is 286 g/mol. The van der Waals surface area contributed by atoms with E-state index in [1.54, 1.807) is 7.11 Å². The van der Waals surface area contributed by atoms with Gasteiger partial charge in [-0.15, -0.1) is 0 Å². The van der Waals surface area contributed by atoms with E-state index in [1.165, 1.54) is 11.1 Å². The fourth-order valence-electron chi connectivity index (χ4n) is 3.28. The molecule has 0 spiro atoms. The molecule has 120 valence electrons. The summed E-state index contributed by atoms with van der Waals surface area (Å²) in [6, 6.07) is 18.5. The Labute approximate surface area is 137 Å². The highest BCUT2D eigenvalue weighted by atomic mass is 16.5. The van der Waals surface area contributed by atoms with Gasteiger partial charge in [0, 0.05) is 13.0 Å². The Hall–Kier alpha value is -2.29. The van der Waals surface area contributed by atoms with E-state index in [0.717, 1.165) is 31.6 Å². The minimum absolute atomic E-state index is 0.212. The summed E-state index contributed by atoms with van der Waals surface area (Å²) in [6.07, 6.45) is 3.51. The molecule has 0 aromatic heterocycles. The summed E-state index contributed by atoms with van der Waals surface area (Å²) in [5, 5.41) is 0. The Morgan fingerprint density at radius 3 is 2.57 bits per heavy atom. The SMILES string of the molecule is COc1ccc([C@@H]2CCCN2C(=O)CCc2ccccc2)cc1. The van der Waals surface area contributed by atoms with Gasteiger partial charge in [-0.05, 0) is 42.5 Å². The zero-order valence-corrected chi connectivity index (χ0v) is 13.6. The van der Waals surface area contributed by atoms with E-state index in [4.69, 9.17) is 4.74 Å². The molecule has 1 heterocycles. The average molecular weight is 309 g/mol. The predicted octanol–water partition coefficient (Wildman–Crippen LogP) is 3.99. The van der Waals surface area contributed by atoms with Gasteiger partial charge in [0.2, 0.25) is 5.91 Å². The Bertz CT molecular complexity index is 636. The van der Waals surface area contributed by atoms with Crippen LogP contribution < -0.4 is 4.74 Å². The van der Waals surface area contributed by atoms with Gasteiger partial charge in [-0.1, -0.05) is 42.5 Å². The second kappa shape index (κ2) is 7.32. The van der Waals surface area contributed by atoms with Crippen molar-refractivity contribution in [2.45, 2.75) is 31.7 Å². The maximum absolute atomic E-state index is 12.6. The number of nitrogens with zero attached hydrogens (tertiary/aromatic N) is 1. The summed E-state index contributed by atoms with van der Waals surface area (Å²) in [5.41, 5.74) is 2.43. The molecule has 1 saturated heterocycles. The number of likely N-dealkylation sites (tertiary alicyclic amines) is 1. The largest absolute Gasteiger partial charge is 0.497 e. The highest BCUT2D eigenvalue weighted by molar-refractivity contribution is 5.77. The van der Waals surface area contributed by atoms with E-state index in [9.17, 15) is 4.79 Å². The van der Waals surface area contributed by atoms with Crippen LogP contribution >= 0.6 is 0 Å². The Kier molecular flexibility index (Phi) is 4.96. The number of aryl methyl sites for hydroxylation is 1. The lowest BCUT2D eigenvalue weighted by Crippen LogP contribution is -2.30. The molecule has 1 aliphatic rings. The van der Waals surface area contributed by atoms with E-state index in [-0.39, 0.29) is 11.9 Å². The van der Waals surface area contributed by atoms with Crippen LogP contribution in [0.3, 0.4) is 0 Å². The topological polar surface area (TPSA) is 29.5 Å². The molecule has 2 aromatic rings. The van der Waals surface area contributed by atoms with E-state index < -0.39 is 0 Å². The first kappa shape index (κ1) is 15.6. The van der Waals surface area contributed by atoms with Crippen LogP contribution in [0.15, 0.2) is 54.6 Å². The molecule has 0 N–H and O–H groups in total. The second-order valence-corrected chi connectivity index (χ2v) is 6.00. The summed E-state index contributed by atoms with van der Waals surface area (Å²) in [6.45, 7) is 0.865. The van der Waals surface area contributed by atoms with Crippen molar-refractivity contribution in [2.75, 3.05) is 13.7 Å². The summed E-state index contributed by atoms with van der Waals surface area (Å²) < 4.78 is 5.21. The summed E-state index contributed by atoms with van der Waals surface area (Å²) in [7, 11) is 1.67. The number of amides is 1. The monoisotopic (exact) mass is 309 g/mol. The lowest BCUT2D eigenvalue weighted by molar-refractivity contribution is -0.132. The maximum Gasteiger partial charge on any atom is 0.223 e. The van der Waals surface area contributed by atoms with Gasteiger partial charge >= 0.3 is 0 Å². The summed E-state index contributed by atoms with van der Waals surface area (Å²) in [5.74, 6) is 1.11. The molecule has 1 fully saturated rings. The third-order valence-corrected chi connectivity index (χ3v) is 4.54. The van der Waals surface area contributed by atoms with Gasteiger partial charge in [0.25, 0.3) is 0 Å². The average Bonchev–Trinajstić information content (AvgIpc) is 3.10. The van der Waals surface area contributed by atoms with Crippen LogP contribution in [0.1, 0.15) is 36.4 Å². The maximum atomic E-state index is 12.6. The smallest absolute Gasteiger partial charge is 0.223 e. The van der Waals surface area contributed by atoms with Crippen LogP contribution in [-0.4, -0.2) is 24.5 Å². The van der Waals surface area contributed by atoms with Crippen LogP contribution in [0.25, 0.3) is 0 Å². The van der Waals surface area contributed by atoms with Gasteiger partial charge in [0.05, 0.1) is 13.2 Å². The number of rotatable bonds is 5. The van der Waals surface area contributed by atoms with Crippen molar-refractivity contribution in [1.82, 2.24) is 4.90 Å². The minimum Gasteiger partial charge on any atom is -0.497 e. The van der Waals surface area contributed by atoms with Gasteiger partial charge in [0.15, 0.2) is 0 Å². The number of carbonyl (C=O) groups excluding carboxylic acids is 1. The second-order valence-electron chi connectivity index (χ2n) is 6.00. The van der Waals surface area contributed by atoms with Crippen molar-refractivity contribution >= 4 is 5.91 Å². The lowest BCUT2D eigenvalue weighted by Gasteiger charge is -2.25. The molecule has 0 bridgehead atoms. The van der Waals surface area contributed by atoms with E-state index >= 15 is 0 Å². The van der Waals surface area contributed by atoms with E-state index in [2.05, 4.69) is 24.3 Å². The lowest BCUT2D eigenvalue weighted by atomic mass is 10.0. The number of carbonyl (C=O) groups is 1. The molecule has 3 nitrogen and oxygen atoms in total. The van der Waals surface area contributed by atoms with Gasteiger partial charge in [-0.25, -0.2) is 0 Å². The molecule has 0 saturated carbocycles. The quantitative estimate of drug-likeness (QED) is 0.835. The number of hydrogen-bond donors (Lipinski definition) is 0. The molecule has 0 aliphatic carbocycles. The first-order chi connectivity index (χ1) is 11.3. The highest BCUT2D eigenvalue weighted by Crippen LogP contribution is 2.33. The van der Waals surface area contributed by atoms with Gasteiger partial charge in [-0.2, -0.15) is 0 Å². The molecular formula is C20H23NO2. The number of benzene rings is 2. The molecule has 23 heavy (non-hydrogen) atoms. The van der Waals surface area contributed by atoms with Gasteiger partial charge < -0.3 is 9.64 Å². The Morgan fingerprint density at radius 1 is 1.13 bits per heavy atom. The third kappa shape index (κ3) is 3.73. The van der Waals surface area contributed by atoms with E-state index in [1.807, 2.05) is 35.2 Å². The highest BCUT2D eigenvalue weighted by Gasteiger charge is 2.29. The molecule has 1 aliphatic heterocycles. The third-order valence-electron chi connectivity index (χ3n) is 4.54. The van der Waals surface area contributed by atoms with Crippen LogP contribution in [0.4, 0.5) is 0 Å². The number of ether oxygens (including phenoxy) is 1. The number of hydrogen-bond acceptors (Lipinski definition) is 2. The van der Waals surface area contributed by atoms with Crippen molar-refractivity contribution in [3.63, 3.8) is 0 Å². The normalized spacial score (nSPS) is 17.3. The zero-order valence-electron chi connectivity index (χ0n) is 13.6. The molecule has 0 radical (unpaired) electrons. The fourth-order valence-corrected chi connectivity index (χ4v) is 3.28. The summed E-state index contributed by atoms with van der Waals surface area (Å²) >= 11 is 0. The Balaban J connectivity index is 1.64. The molecule has 3 rings (SSSR count). The van der Waals surface area contributed by atoms with Crippen molar-refractivity contribution in [3.8, 4) is 5.75 Å². The molecule has 2 aromatic carbocycles. The Morgan fingerprint density at radius 2 is 1.87 bits per heavy atom.